The molecule has 1 N–H and O–H groups in total. The van der Waals surface area contributed by atoms with Crippen LogP contribution in [0, 0.1) is 13.7 Å². The van der Waals surface area contributed by atoms with Crippen LogP contribution in [0.25, 0.3) is 0 Å². The maximum absolute atomic E-state index is 12.4. The molecule has 118 valence electrons. The lowest BCUT2D eigenvalue weighted by Gasteiger charge is -2.19. The number of halogens is 1. The van der Waals surface area contributed by atoms with E-state index in [0.29, 0.717) is 34.0 Å². The highest BCUT2D eigenvalue weighted by molar-refractivity contribution is 14.1. The van der Waals surface area contributed by atoms with Crippen LogP contribution in [0.5, 0.6) is 11.5 Å². The van der Waals surface area contributed by atoms with Gasteiger partial charge in [0.25, 0.3) is 11.6 Å². The molecule has 0 fully saturated rings. The molecule has 2 aromatic carbocycles. The standard InChI is InChI=1S/C15H11IN2O5/c16-12-3-2-10(18(20)21)8-11(12)15(19)17-9-1-4-13-14(7-9)23-6-5-22-13/h1-4,7-8H,5-6H2,(H,17,19). The van der Waals surface area contributed by atoms with Crippen LogP contribution in [0.2, 0.25) is 0 Å². The lowest BCUT2D eigenvalue weighted by molar-refractivity contribution is -0.384. The number of ether oxygens (including phenoxy) is 2. The van der Waals surface area contributed by atoms with E-state index in [0.717, 1.165) is 0 Å². The molecule has 0 atom stereocenters. The van der Waals surface area contributed by atoms with Crippen LogP contribution in [-0.4, -0.2) is 24.0 Å². The number of nitrogens with one attached hydrogen (secondary N) is 1. The number of hydrogen-bond donors (Lipinski definition) is 1. The molecule has 8 heteroatoms. The van der Waals surface area contributed by atoms with Gasteiger partial charge in [-0.1, -0.05) is 0 Å². The van der Waals surface area contributed by atoms with Gasteiger partial charge in [-0.05, 0) is 40.8 Å². The molecule has 3 rings (SSSR count). The maximum Gasteiger partial charge on any atom is 0.270 e. The largest absolute Gasteiger partial charge is 0.486 e. The highest BCUT2D eigenvalue weighted by Crippen LogP contribution is 2.33. The van der Waals surface area contributed by atoms with E-state index in [2.05, 4.69) is 5.32 Å². The van der Waals surface area contributed by atoms with Crippen LogP contribution in [-0.2, 0) is 0 Å². The van der Waals surface area contributed by atoms with E-state index in [4.69, 9.17) is 9.47 Å². The molecule has 23 heavy (non-hydrogen) atoms. The van der Waals surface area contributed by atoms with Crippen LogP contribution >= 0.6 is 22.6 Å². The first-order valence-corrected chi connectivity index (χ1v) is 7.77. The van der Waals surface area contributed by atoms with Crippen molar-refractivity contribution >= 4 is 39.9 Å². The summed E-state index contributed by atoms with van der Waals surface area (Å²) in [6.45, 7) is 0.942. The predicted octanol–water partition coefficient (Wildman–Crippen LogP) is 3.22. The summed E-state index contributed by atoms with van der Waals surface area (Å²) in [6, 6.07) is 9.23. The molecule has 1 amide bonds. The predicted molar refractivity (Wildman–Crippen MR) is 91.2 cm³/mol. The minimum atomic E-state index is -0.531. The number of carbonyl (C=O) groups excluding carboxylic acids is 1. The summed E-state index contributed by atoms with van der Waals surface area (Å²) in [5, 5.41) is 13.6. The zero-order valence-electron chi connectivity index (χ0n) is 11.7. The minimum absolute atomic E-state index is 0.127. The lowest BCUT2D eigenvalue weighted by Crippen LogP contribution is -2.17. The van der Waals surface area contributed by atoms with Gasteiger partial charge in [-0.2, -0.15) is 0 Å². The normalized spacial score (nSPS) is 12.6. The van der Waals surface area contributed by atoms with Gasteiger partial charge in [-0.3, -0.25) is 14.9 Å². The Bertz CT molecular complexity index is 793. The minimum Gasteiger partial charge on any atom is -0.486 e. The smallest absolute Gasteiger partial charge is 0.270 e. The Balaban J connectivity index is 1.84. The first-order chi connectivity index (χ1) is 11.0. The monoisotopic (exact) mass is 426 g/mol. The number of carbonyl (C=O) groups is 1. The first kappa shape index (κ1) is 15.5. The Kier molecular flexibility index (Phi) is 4.33. The van der Waals surface area contributed by atoms with E-state index in [9.17, 15) is 14.9 Å². The molecule has 0 spiro atoms. The van der Waals surface area contributed by atoms with E-state index in [1.54, 1.807) is 18.2 Å². The van der Waals surface area contributed by atoms with Crippen molar-refractivity contribution in [3.05, 3.63) is 55.6 Å². The number of anilines is 1. The van der Waals surface area contributed by atoms with Gasteiger partial charge >= 0.3 is 0 Å². The number of nitro benzene ring substituents is 1. The number of benzene rings is 2. The van der Waals surface area contributed by atoms with Crippen molar-refractivity contribution < 1.29 is 19.2 Å². The topological polar surface area (TPSA) is 90.7 Å². The molecule has 1 aliphatic rings. The zero-order valence-corrected chi connectivity index (χ0v) is 13.9. The van der Waals surface area contributed by atoms with Crippen LogP contribution in [0.15, 0.2) is 36.4 Å². The van der Waals surface area contributed by atoms with Crippen molar-refractivity contribution in [2.45, 2.75) is 0 Å². The van der Waals surface area contributed by atoms with E-state index in [1.807, 2.05) is 22.6 Å². The summed E-state index contributed by atoms with van der Waals surface area (Å²) in [7, 11) is 0. The molecule has 0 aliphatic carbocycles. The van der Waals surface area contributed by atoms with Gasteiger partial charge in [0.05, 0.1) is 10.5 Å². The Labute approximate surface area is 144 Å². The van der Waals surface area contributed by atoms with E-state index < -0.39 is 10.8 Å². The van der Waals surface area contributed by atoms with Gasteiger partial charge in [0.1, 0.15) is 13.2 Å². The Hall–Kier alpha value is -2.36. The van der Waals surface area contributed by atoms with Crippen molar-refractivity contribution in [1.82, 2.24) is 0 Å². The van der Waals surface area contributed by atoms with Gasteiger partial charge in [-0.15, -0.1) is 0 Å². The summed E-state index contributed by atoms with van der Waals surface area (Å²) in [5.41, 5.74) is 0.647. The van der Waals surface area contributed by atoms with Gasteiger partial charge < -0.3 is 14.8 Å². The number of amides is 1. The second-order valence-electron chi connectivity index (χ2n) is 4.73. The van der Waals surface area contributed by atoms with Crippen molar-refractivity contribution in [3.63, 3.8) is 0 Å². The zero-order chi connectivity index (χ0) is 16.4. The number of non-ortho nitro benzene ring substituents is 1. The van der Waals surface area contributed by atoms with Gasteiger partial charge in [0, 0.05) is 27.5 Å². The third kappa shape index (κ3) is 3.36. The second kappa shape index (κ2) is 6.41. The van der Waals surface area contributed by atoms with Crippen molar-refractivity contribution in [1.29, 1.82) is 0 Å². The summed E-state index contributed by atoms with van der Waals surface area (Å²) in [6.07, 6.45) is 0. The molecule has 1 aliphatic heterocycles. The molecule has 0 aromatic heterocycles. The molecular formula is C15H11IN2O5. The summed E-state index contributed by atoms with van der Waals surface area (Å²) < 4.78 is 11.5. The molecule has 1 heterocycles. The molecule has 2 aromatic rings. The number of fused-ring (bicyclic) bond motifs is 1. The van der Waals surface area contributed by atoms with Crippen molar-refractivity contribution in [2.75, 3.05) is 18.5 Å². The first-order valence-electron chi connectivity index (χ1n) is 6.69. The fraction of sp³-hybridized carbons (Fsp3) is 0.133. The quantitative estimate of drug-likeness (QED) is 0.463. The molecule has 0 saturated heterocycles. The SMILES string of the molecule is O=C(Nc1ccc2c(c1)OCCO2)c1cc([N+](=O)[O-])ccc1I. The van der Waals surface area contributed by atoms with Gasteiger partial charge in [0.2, 0.25) is 0 Å². The average molecular weight is 426 g/mol. The fourth-order valence-electron chi connectivity index (χ4n) is 2.12. The molecule has 0 radical (unpaired) electrons. The van der Waals surface area contributed by atoms with E-state index in [-0.39, 0.29) is 11.3 Å². The second-order valence-corrected chi connectivity index (χ2v) is 5.90. The van der Waals surface area contributed by atoms with Gasteiger partial charge in [-0.25, -0.2) is 0 Å². The van der Waals surface area contributed by atoms with Crippen molar-refractivity contribution in [2.24, 2.45) is 0 Å². The summed E-state index contributed by atoms with van der Waals surface area (Å²) in [5.74, 6) is 0.761. The Morgan fingerprint density at radius 1 is 1.13 bits per heavy atom. The molecule has 0 bridgehead atoms. The highest BCUT2D eigenvalue weighted by Gasteiger charge is 2.17. The third-order valence-corrected chi connectivity index (χ3v) is 4.15. The number of hydrogen-bond acceptors (Lipinski definition) is 5. The van der Waals surface area contributed by atoms with Crippen LogP contribution in [0.1, 0.15) is 10.4 Å². The van der Waals surface area contributed by atoms with Crippen LogP contribution in [0.4, 0.5) is 11.4 Å². The van der Waals surface area contributed by atoms with Crippen LogP contribution in [0.3, 0.4) is 0 Å². The van der Waals surface area contributed by atoms with Gasteiger partial charge in [0.15, 0.2) is 11.5 Å². The summed E-state index contributed by atoms with van der Waals surface area (Å²) in [4.78, 5) is 22.7. The fourth-order valence-corrected chi connectivity index (χ4v) is 2.70. The molecule has 7 nitrogen and oxygen atoms in total. The number of rotatable bonds is 3. The summed E-state index contributed by atoms with van der Waals surface area (Å²) >= 11 is 1.96. The molecule has 0 saturated carbocycles. The molecule has 0 unspecified atom stereocenters. The van der Waals surface area contributed by atoms with Crippen LogP contribution < -0.4 is 14.8 Å². The molecular weight excluding hydrogens is 415 g/mol. The Morgan fingerprint density at radius 3 is 2.61 bits per heavy atom. The van der Waals surface area contributed by atoms with E-state index >= 15 is 0 Å². The average Bonchev–Trinajstić information content (AvgIpc) is 2.54. The van der Waals surface area contributed by atoms with Crippen molar-refractivity contribution in [3.8, 4) is 11.5 Å². The lowest BCUT2D eigenvalue weighted by atomic mass is 10.2. The highest BCUT2D eigenvalue weighted by atomic mass is 127. The van der Waals surface area contributed by atoms with E-state index in [1.165, 1.54) is 18.2 Å². The number of nitrogens with zero attached hydrogens (tertiary/aromatic N) is 1. The third-order valence-electron chi connectivity index (χ3n) is 3.21. The maximum atomic E-state index is 12.4. The Morgan fingerprint density at radius 2 is 1.87 bits per heavy atom. The number of nitro groups is 1.